The number of hydrogen-bond donors (Lipinski definition) is 1. The molecule has 0 aromatic heterocycles. The Bertz CT molecular complexity index is 1010. The topological polar surface area (TPSA) is 136 Å². The number of likely N-dealkylation sites (tertiary alicyclic amines) is 1. The highest BCUT2D eigenvalue weighted by molar-refractivity contribution is 6.08. The molecule has 0 unspecified atom stereocenters. The molecule has 4 rings (SSSR count). The van der Waals surface area contributed by atoms with Crippen molar-refractivity contribution in [3.05, 3.63) is 33.9 Å². The third-order valence-corrected chi connectivity index (χ3v) is 7.15. The number of anilines is 1. The SMILES string of the molecule is Cc1ccc(NC(=O)COC(=O)[C@H](C(C)C)N2C(=O)[C@H]3[C@H]4CC[C@@H](C4)[C@@H]3C2=O)cc1[N+](=O)[O-]. The summed E-state index contributed by atoms with van der Waals surface area (Å²) in [4.78, 5) is 62.9. The van der Waals surface area contributed by atoms with Crippen LogP contribution in [0.3, 0.4) is 0 Å². The van der Waals surface area contributed by atoms with Gasteiger partial charge < -0.3 is 10.1 Å². The zero-order chi connectivity index (χ0) is 24.0. The number of imide groups is 1. The molecule has 0 radical (unpaired) electrons. The van der Waals surface area contributed by atoms with Crippen molar-refractivity contribution in [2.75, 3.05) is 11.9 Å². The number of benzene rings is 1. The van der Waals surface area contributed by atoms with Crippen molar-refractivity contribution >= 4 is 35.1 Å². The molecule has 10 nitrogen and oxygen atoms in total. The first-order chi connectivity index (χ1) is 15.6. The Labute approximate surface area is 190 Å². The van der Waals surface area contributed by atoms with Gasteiger partial charge >= 0.3 is 5.97 Å². The minimum atomic E-state index is -1.09. The maximum Gasteiger partial charge on any atom is 0.330 e. The molecule has 1 saturated heterocycles. The largest absolute Gasteiger partial charge is 0.454 e. The number of nitrogens with zero attached hydrogens (tertiary/aromatic N) is 2. The number of ether oxygens (including phenoxy) is 1. The van der Waals surface area contributed by atoms with Crippen LogP contribution in [0.4, 0.5) is 11.4 Å². The Morgan fingerprint density at radius 1 is 1.18 bits per heavy atom. The number of amides is 3. The van der Waals surface area contributed by atoms with Gasteiger partial charge in [-0.3, -0.25) is 29.4 Å². The first-order valence-electron chi connectivity index (χ1n) is 11.2. The van der Waals surface area contributed by atoms with Gasteiger partial charge in [-0.15, -0.1) is 0 Å². The van der Waals surface area contributed by atoms with E-state index in [0.717, 1.165) is 24.2 Å². The van der Waals surface area contributed by atoms with Gasteiger partial charge in [-0.2, -0.15) is 0 Å². The van der Waals surface area contributed by atoms with Gasteiger partial charge in [-0.05, 0) is 50.0 Å². The molecule has 176 valence electrons. The summed E-state index contributed by atoms with van der Waals surface area (Å²) in [5.41, 5.74) is 0.500. The second-order valence-corrected chi connectivity index (χ2v) is 9.53. The third kappa shape index (κ3) is 3.98. The van der Waals surface area contributed by atoms with E-state index in [2.05, 4.69) is 5.32 Å². The molecular formula is C23H27N3O7. The van der Waals surface area contributed by atoms with E-state index < -0.39 is 29.4 Å². The second kappa shape index (κ2) is 8.57. The highest BCUT2D eigenvalue weighted by atomic mass is 16.6. The fourth-order valence-electron chi connectivity index (χ4n) is 5.68. The molecule has 3 amide bonds. The molecule has 1 heterocycles. The number of aryl methyl sites for hydroxylation is 1. The molecule has 2 aliphatic carbocycles. The molecule has 2 bridgehead atoms. The number of esters is 1. The van der Waals surface area contributed by atoms with E-state index in [-0.39, 0.29) is 52.8 Å². The second-order valence-electron chi connectivity index (χ2n) is 9.53. The van der Waals surface area contributed by atoms with E-state index >= 15 is 0 Å². The average Bonchev–Trinajstić information content (AvgIpc) is 3.43. The summed E-state index contributed by atoms with van der Waals surface area (Å²) in [6.07, 6.45) is 2.77. The van der Waals surface area contributed by atoms with E-state index in [9.17, 15) is 29.3 Å². The summed E-state index contributed by atoms with van der Waals surface area (Å²) in [6, 6.07) is 3.14. The Kier molecular flexibility index (Phi) is 5.94. The summed E-state index contributed by atoms with van der Waals surface area (Å²) in [7, 11) is 0. The zero-order valence-corrected chi connectivity index (χ0v) is 18.8. The van der Waals surface area contributed by atoms with E-state index in [4.69, 9.17) is 4.74 Å². The number of nitro benzene ring substituents is 1. The van der Waals surface area contributed by atoms with Crippen LogP contribution in [0.25, 0.3) is 0 Å². The van der Waals surface area contributed by atoms with Crippen LogP contribution < -0.4 is 5.32 Å². The molecule has 10 heteroatoms. The fourth-order valence-corrected chi connectivity index (χ4v) is 5.68. The Morgan fingerprint density at radius 3 is 2.33 bits per heavy atom. The minimum absolute atomic E-state index is 0.143. The standard InChI is InChI=1S/C23H27N3O7/c1-11(2)20(25-21(28)18-13-5-6-14(8-13)19(18)22(25)29)23(30)33-10-17(27)24-15-7-4-12(3)16(9-15)26(31)32/h4,7,9,11,13-14,18-20H,5-6,8,10H2,1-3H3,(H,24,27)/t13-,14-,18-,19-,20-/m0/s1. The molecule has 3 aliphatic rings. The van der Waals surface area contributed by atoms with Gasteiger partial charge in [-0.25, -0.2) is 4.79 Å². The lowest BCUT2D eigenvalue weighted by Gasteiger charge is -2.28. The number of carbonyl (C=O) groups excluding carboxylic acids is 4. The lowest BCUT2D eigenvalue weighted by Crippen LogP contribution is -2.50. The van der Waals surface area contributed by atoms with Crippen molar-refractivity contribution in [2.45, 2.75) is 46.1 Å². The number of hydrogen-bond acceptors (Lipinski definition) is 7. The van der Waals surface area contributed by atoms with E-state index in [1.807, 2.05) is 0 Å². The summed E-state index contributed by atoms with van der Waals surface area (Å²) < 4.78 is 5.17. The molecular weight excluding hydrogens is 430 g/mol. The van der Waals surface area contributed by atoms with Crippen molar-refractivity contribution < 1.29 is 28.8 Å². The zero-order valence-electron chi connectivity index (χ0n) is 18.8. The number of nitrogens with one attached hydrogen (secondary N) is 1. The lowest BCUT2D eigenvalue weighted by atomic mass is 9.81. The van der Waals surface area contributed by atoms with Crippen molar-refractivity contribution in [2.24, 2.45) is 29.6 Å². The Balaban J connectivity index is 1.41. The van der Waals surface area contributed by atoms with Crippen LogP contribution in [0.15, 0.2) is 18.2 Å². The number of rotatable bonds is 7. The maximum absolute atomic E-state index is 13.1. The normalized spacial score (nSPS) is 26.5. The van der Waals surface area contributed by atoms with Gasteiger partial charge in [0.1, 0.15) is 6.04 Å². The van der Waals surface area contributed by atoms with Crippen molar-refractivity contribution in [1.29, 1.82) is 0 Å². The summed E-state index contributed by atoms with van der Waals surface area (Å²) in [6.45, 7) is 4.39. The van der Waals surface area contributed by atoms with Crippen LogP contribution in [-0.2, 0) is 23.9 Å². The van der Waals surface area contributed by atoms with Crippen molar-refractivity contribution in [1.82, 2.24) is 4.90 Å². The predicted octanol–water partition coefficient (Wildman–Crippen LogP) is 2.44. The molecule has 1 aromatic rings. The first-order valence-corrected chi connectivity index (χ1v) is 11.2. The average molecular weight is 457 g/mol. The summed E-state index contributed by atoms with van der Waals surface area (Å²) in [5.74, 6) is -2.76. The van der Waals surface area contributed by atoms with Gasteiger partial charge in [0.15, 0.2) is 6.61 Å². The quantitative estimate of drug-likeness (QED) is 0.287. The summed E-state index contributed by atoms with van der Waals surface area (Å²) in [5, 5.41) is 13.5. The number of nitro groups is 1. The monoisotopic (exact) mass is 457 g/mol. The smallest absolute Gasteiger partial charge is 0.330 e. The highest BCUT2D eigenvalue weighted by Crippen LogP contribution is 2.56. The van der Waals surface area contributed by atoms with Gasteiger partial charge in [0, 0.05) is 17.3 Å². The Morgan fingerprint density at radius 2 is 1.79 bits per heavy atom. The van der Waals surface area contributed by atoms with Gasteiger partial charge in [0.05, 0.1) is 16.8 Å². The molecule has 1 aromatic carbocycles. The molecule has 0 spiro atoms. The molecule has 2 saturated carbocycles. The van der Waals surface area contributed by atoms with Crippen LogP contribution in [0.1, 0.15) is 38.7 Å². The fraction of sp³-hybridized carbons (Fsp3) is 0.565. The van der Waals surface area contributed by atoms with E-state index in [0.29, 0.717) is 5.56 Å². The van der Waals surface area contributed by atoms with Crippen LogP contribution in [0.5, 0.6) is 0 Å². The molecule has 5 atom stereocenters. The van der Waals surface area contributed by atoms with Crippen LogP contribution in [-0.4, -0.2) is 46.2 Å². The van der Waals surface area contributed by atoms with E-state index in [1.165, 1.54) is 18.2 Å². The van der Waals surface area contributed by atoms with Crippen molar-refractivity contribution in [3.8, 4) is 0 Å². The highest BCUT2D eigenvalue weighted by Gasteiger charge is 2.62. The van der Waals surface area contributed by atoms with Crippen molar-refractivity contribution in [3.63, 3.8) is 0 Å². The number of fused-ring (bicyclic) bond motifs is 5. The Hall–Kier alpha value is -3.30. The van der Waals surface area contributed by atoms with Gasteiger partial charge in [0.25, 0.3) is 11.6 Å². The van der Waals surface area contributed by atoms with Gasteiger partial charge in [0.2, 0.25) is 11.8 Å². The molecule has 3 fully saturated rings. The first kappa shape index (κ1) is 22.9. The molecule has 1 N–H and O–H groups in total. The van der Waals surface area contributed by atoms with Crippen LogP contribution in [0.2, 0.25) is 0 Å². The number of carbonyl (C=O) groups is 4. The van der Waals surface area contributed by atoms with E-state index in [1.54, 1.807) is 20.8 Å². The predicted molar refractivity (Wildman–Crippen MR) is 116 cm³/mol. The lowest BCUT2D eigenvalue weighted by molar-refractivity contribution is -0.385. The maximum atomic E-state index is 13.1. The minimum Gasteiger partial charge on any atom is -0.454 e. The molecule has 33 heavy (non-hydrogen) atoms. The van der Waals surface area contributed by atoms with Crippen LogP contribution in [0, 0.1) is 46.6 Å². The van der Waals surface area contributed by atoms with Gasteiger partial charge in [-0.1, -0.05) is 19.9 Å². The molecule has 1 aliphatic heterocycles. The third-order valence-electron chi connectivity index (χ3n) is 7.15. The van der Waals surface area contributed by atoms with Crippen LogP contribution >= 0.6 is 0 Å². The summed E-state index contributed by atoms with van der Waals surface area (Å²) >= 11 is 0.